The minimum atomic E-state index is -0.825. The fraction of sp³-hybridized carbons (Fsp3) is 0.909. The molecule has 0 aromatic heterocycles. The summed E-state index contributed by atoms with van der Waals surface area (Å²) in [5, 5.41) is 0. The highest BCUT2D eigenvalue weighted by atomic mass is 16.8. The standard InChI is InChI=1S/C11H18O4/c1-5-13-8(12)10(3)6-9(2)7-14-11(10,4)15-9/h5-7H2,1-4H3/t9-,10-,11+/m1/s1. The van der Waals surface area contributed by atoms with Crippen LogP contribution in [-0.2, 0) is 19.0 Å². The van der Waals surface area contributed by atoms with E-state index in [1.54, 1.807) is 6.92 Å². The predicted octanol–water partition coefficient (Wildman–Crippen LogP) is 1.48. The van der Waals surface area contributed by atoms with Crippen molar-refractivity contribution in [3.63, 3.8) is 0 Å². The fourth-order valence-electron chi connectivity index (χ4n) is 2.63. The summed E-state index contributed by atoms with van der Waals surface area (Å²) >= 11 is 0. The van der Waals surface area contributed by atoms with Crippen LogP contribution in [0.25, 0.3) is 0 Å². The molecule has 2 aliphatic heterocycles. The van der Waals surface area contributed by atoms with Crippen molar-refractivity contribution in [1.82, 2.24) is 0 Å². The van der Waals surface area contributed by atoms with Crippen molar-refractivity contribution in [3.8, 4) is 0 Å². The molecule has 0 spiro atoms. The first-order valence-corrected chi connectivity index (χ1v) is 5.37. The molecule has 86 valence electrons. The average Bonchev–Trinajstić information content (AvgIpc) is 2.53. The lowest BCUT2D eigenvalue weighted by Gasteiger charge is -2.36. The number of hydrogen-bond donors (Lipinski definition) is 0. The summed E-state index contributed by atoms with van der Waals surface area (Å²) in [6.07, 6.45) is 0.662. The molecule has 15 heavy (non-hydrogen) atoms. The molecule has 2 fully saturated rings. The first-order chi connectivity index (χ1) is 6.85. The Morgan fingerprint density at radius 2 is 2.07 bits per heavy atom. The van der Waals surface area contributed by atoms with Crippen LogP contribution in [0, 0.1) is 5.41 Å². The van der Waals surface area contributed by atoms with Crippen LogP contribution in [-0.4, -0.2) is 30.6 Å². The van der Waals surface area contributed by atoms with Crippen molar-refractivity contribution in [3.05, 3.63) is 0 Å². The molecule has 0 N–H and O–H groups in total. The molecule has 0 saturated carbocycles. The van der Waals surface area contributed by atoms with Crippen LogP contribution in [0.1, 0.15) is 34.1 Å². The van der Waals surface area contributed by atoms with E-state index in [1.807, 2.05) is 20.8 Å². The van der Waals surface area contributed by atoms with Gasteiger partial charge in [-0.25, -0.2) is 0 Å². The smallest absolute Gasteiger partial charge is 0.317 e. The van der Waals surface area contributed by atoms with Crippen molar-refractivity contribution in [2.45, 2.75) is 45.5 Å². The lowest BCUT2D eigenvalue weighted by Crippen LogP contribution is -2.50. The third-order valence-electron chi connectivity index (χ3n) is 3.55. The second-order valence-electron chi connectivity index (χ2n) is 5.02. The van der Waals surface area contributed by atoms with Gasteiger partial charge in [0.25, 0.3) is 0 Å². The molecule has 0 unspecified atom stereocenters. The summed E-state index contributed by atoms with van der Waals surface area (Å²) in [6, 6.07) is 0. The molecule has 2 rings (SSSR count). The molecular weight excluding hydrogens is 196 g/mol. The molecule has 4 nitrogen and oxygen atoms in total. The lowest BCUT2D eigenvalue weighted by atomic mass is 9.75. The number of hydrogen-bond acceptors (Lipinski definition) is 4. The van der Waals surface area contributed by atoms with Gasteiger partial charge in [-0.3, -0.25) is 4.79 Å². The van der Waals surface area contributed by atoms with Gasteiger partial charge in [-0.05, 0) is 34.1 Å². The number of fused-ring (bicyclic) bond motifs is 2. The Bertz CT molecular complexity index is 303. The first kappa shape index (κ1) is 10.9. The van der Waals surface area contributed by atoms with E-state index in [9.17, 15) is 4.79 Å². The third kappa shape index (κ3) is 1.31. The molecule has 0 amide bonds. The molecule has 2 saturated heterocycles. The highest BCUT2D eigenvalue weighted by Gasteiger charge is 2.68. The molecule has 0 aromatic carbocycles. The van der Waals surface area contributed by atoms with Crippen molar-refractivity contribution in [2.24, 2.45) is 5.41 Å². The Morgan fingerprint density at radius 1 is 1.40 bits per heavy atom. The summed E-state index contributed by atoms with van der Waals surface area (Å²) in [6.45, 7) is 8.40. The first-order valence-electron chi connectivity index (χ1n) is 5.37. The second kappa shape index (κ2) is 2.95. The maximum Gasteiger partial charge on any atom is 0.317 e. The maximum atomic E-state index is 11.9. The van der Waals surface area contributed by atoms with Crippen molar-refractivity contribution >= 4 is 5.97 Å². The molecule has 0 radical (unpaired) electrons. The van der Waals surface area contributed by atoms with Crippen LogP contribution >= 0.6 is 0 Å². The zero-order chi connectivity index (χ0) is 11.3. The number of carbonyl (C=O) groups excluding carboxylic acids is 1. The van der Waals surface area contributed by atoms with Gasteiger partial charge in [0, 0.05) is 0 Å². The Hall–Kier alpha value is -0.610. The fourth-order valence-corrected chi connectivity index (χ4v) is 2.63. The van der Waals surface area contributed by atoms with Gasteiger partial charge in [0.2, 0.25) is 0 Å². The minimum Gasteiger partial charge on any atom is -0.465 e. The third-order valence-corrected chi connectivity index (χ3v) is 3.55. The van der Waals surface area contributed by atoms with Gasteiger partial charge in [-0.1, -0.05) is 0 Å². The highest BCUT2D eigenvalue weighted by Crippen LogP contribution is 2.57. The average molecular weight is 214 g/mol. The zero-order valence-electron chi connectivity index (χ0n) is 9.75. The molecule has 2 bridgehead atoms. The van der Waals surface area contributed by atoms with Crippen LogP contribution in [0.4, 0.5) is 0 Å². The summed E-state index contributed by atoms with van der Waals surface area (Å²) in [4.78, 5) is 11.9. The zero-order valence-corrected chi connectivity index (χ0v) is 9.75. The quantitative estimate of drug-likeness (QED) is 0.653. The summed E-state index contributed by atoms with van der Waals surface area (Å²) in [7, 11) is 0. The lowest BCUT2D eigenvalue weighted by molar-refractivity contribution is -0.212. The van der Waals surface area contributed by atoms with E-state index in [1.165, 1.54) is 0 Å². The van der Waals surface area contributed by atoms with E-state index in [-0.39, 0.29) is 11.6 Å². The van der Waals surface area contributed by atoms with E-state index in [0.717, 1.165) is 0 Å². The van der Waals surface area contributed by atoms with Crippen LogP contribution < -0.4 is 0 Å². The molecular formula is C11H18O4. The van der Waals surface area contributed by atoms with Gasteiger partial charge in [-0.2, -0.15) is 0 Å². The Kier molecular flexibility index (Phi) is 2.14. The Balaban J connectivity index is 2.27. The van der Waals surface area contributed by atoms with E-state index in [4.69, 9.17) is 14.2 Å². The van der Waals surface area contributed by atoms with Gasteiger partial charge < -0.3 is 14.2 Å². The molecule has 0 aliphatic carbocycles. The largest absolute Gasteiger partial charge is 0.465 e. The number of carbonyl (C=O) groups is 1. The topological polar surface area (TPSA) is 44.8 Å². The molecule has 4 heteroatoms. The van der Waals surface area contributed by atoms with Gasteiger partial charge >= 0.3 is 5.97 Å². The van der Waals surface area contributed by atoms with Gasteiger partial charge in [0.05, 0.1) is 18.8 Å². The highest BCUT2D eigenvalue weighted by molar-refractivity contribution is 5.78. The maximum absolute atomic E-state index is 11.9. The van der Waals surface area contributed by atoms with Crippen molar-refractivity contribution in [2.75, 3.05) is 13.2 Å². The van der Waals surface area contributed by atoms with E-state index < -0.39 is 11.2 Å². The molecule has 2 heterocycles. The van der Waals surface area contributed by atoms with Gasteiger partial charge in [0.15, 0.2) is 5.79 Å². The van der Waals surface area contributed by atoms with Crippen LogP contribution in [0.3, 0.4) is 0 Å². The molecule has 3 atom stereocenters. The monoisotopic (exact) mass is 214 g/mol. The minimum absolute atomic E-state index is 0.226. The summed E-state index contributed by atoms with van der Waals surface area (Å²) in [5.41, 5.74) is -1.02. The van der Waals surface area contributed by atoms with E-state index in [0.29, 0.717) is 19.6 Å². The van der Waals surface area contributed by atoms with E-state index >= 15 is 0 Å². The second-order valence-corrected chi connectivity index (χ2v) is 5.02. The summed E-state index contributed by atoms with van der Waals surface area (Å²) < 4.78 is 16.5. The molecule has 0 aromatic rings. The number of ether oxygens (including phenoxy) is 3. The number of esters is 1. The summed E-state index contributed by atoms with van der Waals surface area (Å²) in [5.74, 6) is -1.05. The van der Waals surface area contributed by atoms with Crippen LogP contribution in [0.5, 0.6) is 0 Å². The Morgan fingerprint density at radius 3 is 2.47 bits per heavy atom. The SMILES string of the molecule is CCOC(=O)[C@@]1(C)C[C@]2(C)CO[C@@]1(C)O2. The van der Waals surface area contributed by atoms with Crippen LogP contribution in [0.15, 0.2) is 0 Å². The van der Waals surface area contributed by atoms with Gasteiger partial charge in [0.1, 0.15) is 5.41 Å². The molecule has 2 aliphatic rings. The predicted molar refractivity (Wildman–Crippen MR) is 53.2 cm³/mol. The number of rotatable bonds is 2. The van der Waals surface area contributed by atoms with E-state index in [2.05, 4.69) is 0 Å². The van der Waals surface area contributed by atoms with Crippen molar-refractivity contribution < 1.29 is 19.0 Å². The van der Waals surface area contributed by atoms with Crippen molar-refractivity contribution in [1.29, 1.82) is 0 Å². The van der Waals surface area contributed by atoms with Crippen LogP contribution in [0.2, 0.25) is 0 Å². The Labute approximate surface area is 89.9 Å². The van der Waals surface area contributed by atoms with Gasteiger partial charge in [-0.15, -0.1) is 0 Å². The normalized spacial score (nSPS) is 48.3.